The summed E-state index contributed by atoms with van der Waals surface area (Å²) in [5.74, 6) is 0. The van der Waals surface area contributed by atoms with E-state index >= 15 is 0 Å². The molecule has 1 unspecified atom stereocenters. The van der Waals surface area contributed by atoms with Crippen LogP contribution >= 0.6 is 0 Å². The smallest absolute Gasteiger partial charge is 0.103 e. The number of rotatable bonds is 12. The quantitative estimate of drug-likeness (QED) is 0.317. The van der Waals surface area contributed by atoms with Crippen molar-refractivity contribution in [3.05, 3.63) is 48.0 Å². The molecule has 0 spiro atoms. The maximum atomic E-state index is 6.04. The van der Waals surface area contributed by atoms with E-state index in [0.29, 0.717) is 0 Å². The molecule has 0 N–H and O–H groups in total. The Labute approximate surface area is 131 Å². The Bertz CT molecular complexity index is 369. The van der Waals surface area contributed by atoms with E-state index in [1.54, 1.807) is 0 Å². The third-order valence-corrected chi connectivity index (χ3v) is 3.83. The number of ether oxygens (including phenoxy) is 1. The number of benzene rings is 1. The van der Waals surface area contributed by atoms with Gasteiger partial charge in [0.25, 0.3) is 0 Å². The molecule has 1 rings (SSSR count). The summed E-state index contributed by atoms with van der Waals surface area (Å²) in [5.41, 5.74) is 2.30. The lowest BCUT2D eigenvalue weighted by Crippen LogP contribution is -2.06. The van der Waals surface area contributed by atoms with Crippen molar-refractivity contribution in [1.82, 2.24) is 0 Å². The second-order valence-corrected chi connectivity index (χ2v) is 5.98. The van der Waals surface area contributed by atoms with Crippen LogP contribution in [0.15, 0.2) is 42.5 Å². The van der Waals surface area contributed by atoms with Gasteiger partial charge in [-0.15, -0.1) is 0 Å². The number of hydrogen-bond acceptors (Lipinski definition) is 1. The van der Waals surface area contributed by atoms with Gasteiger partial charge in [0.1, 0.15) is 6.10 Å². The predicted molar refractivity (Wildman–Crippen MR) is 92.6 cm³/mol. The lowest BCUT2D eigenvalue weighted by molar-refractivity contribution is 0.0744. The molecule has 0 aliphatic rings. The minimum atomic E-state index is 0.0516. The first-order valence-corrected chi connectivity index (χ1v) is 8.57. The van der Waals surface area contributed by atoms with Crippen molar-refractivity contribution >= 4 is 0 Å². The minimum Gasteiger partial charge on any atom is -0.369 e. The van der Waals surface area contributed by atoms with Crippen LogP contribution in [-0.4, -0.2) is 6.61 Å². The maximum absolute atomic E-state index is 6.04. The van der Waals surface area contributed by atoms with E-state index in [2.05, 4.69) is 37.8 Å². The third-order valence-electron chi connectivity index (χ3n) is 3.83. The molecule has 0 heterocycles. The fourth-order valence-corrected chi connectivity index (χ4v) is 2.59. The molecule has 0 aliphatic carbocycles. The molecular weight excluding hydrogens is 256 g/mol. The zero-order chi connectivity index (χ0) is 15.3. The largest absolute Gasteiger partial charge is 0.369 e. The Hall–Kier alpha value is -1.08. The zero-order valence-corrected chi connectivity index (χ0v) is 13.9. The molecule has 0 amide bonds. The minimum absolute atomic E-state index is 0.0516. The molecule has 0 fully saturated rings. The molecular formula is C20H32O. The highest BCUT2D eigenvalue weighted by atomic mass is 16.5. The van der Waals surface area contributed by atoms with Gasteiger partial charge in [-0.05, 0) is 24.5 Å². The molecule has 21 heavy (non-hydrogen) atoms. The van der Waals surface area contributed by atoms with Gasteiger partial charge in [0, 0.05) is 6.61 Å². The van der Waals surface area contributed by atoms with Gasteiger partial charge < -0.3 is 4.74 Å². The van der Waals surface area contributed by atoms with E-state index in [0.717, 1.165) is 18.6 Å². The summed E-state index contributed by atoms with van der Waals surface area (Å²) in [6.07, 6.45) is 10.7. The molecule has 1 heteroatoms. The summed E-state index contributed by atoms with van der Waals surface area (Å²) in [6.45, 7) is 9.21. The lowest BCUT2D eigenvalue weighted by atomic mass is 10.0. The van der Waals surface area contributed by atoms with E-state index in [1.807, 2.05) is 13.0 Å². The van der Waals surface area contributed by atoms with Crippen molar-refractivity contribution in [2.45, 2.75) is 71.3 Å². The van der Waals surface area contributed by atoms with Crippen molar-refractivity contribution in [2.75, 3.05) is 6.61 Å². The summed E-state index contributed by atoms with van der Waals surface area (Å²) in [5, 5.41) is 0. The van der Waals surface area contributed by atoms with E-state index in [-0.39, 0.29) is 6.10 Å². The average molecular weight is 288 g/mol. The fourth-order valence-electron chi connectivity index (χ4n) is 2.59. The Balaban J connectivity index is 2.13. The summed E-state index contributed by atoms with van der Waals surface area (Å²) in [7, 11) is 0. The third kappa shape index (κ3) is 8.06. The van der Waals surface area contributed by atoms with Gasteiger partial charge in [-0.1, -0.05) is 88.8 Å². The van der Waals surface area contributed by atoms with Gasteiger partial charge in [-0.25, -0.2) is 0 Å². The number of hydrogen-bond donors (Lipinski definition) is 0. The standard InChI is InChI=1S/C20H32O/c1-4-5-6-7-8-9-10-14-17-21-20(18(2)3)19-15-12-11-13-16-19/h11-13,15-16,20H,2,4-10,14,17H2,1,3H3. The highest BCUT2D eigenvalue weighted by Gasteiger charge is 2.11. The van der Waals surface area contributed by atoms with Crippen molar-refractivity contribution in [3.8, 4) is 0 Å². The van der Waals surface area contributed by atoms with Crippen LogP contribution < -0.4 is 0 Å². The summed E-state index contributed by atoms with van der Waals surface area (Å²) >= 11 is 0. The van der Waals surface area contributed by atoms with Crippen molar-refractivity contribution in [1.29, 1.82) is 0 Å². The zero-order valence-electron chi connectivity index (χ0n) is 13.9. The van der Waals surface area contributed by atoms with Gasteiger partial charge in [-0.2, -0.15) is 0 Å². The van der Waals surface area contributed by atoms with Crippen LogP contribution in [0.3, 0.4) is 0 Å². The fraction of sp³-hybridized carbons (Fsp3) is 0.600. The topological polar surface area (TPSA) is 9.23 Å². The summed E-state index contributed by atoms with van der Waals surface area (Å²) < 4.78 is 6.04. The molecule has 1 nitrogen and oxygen atoms in total. The Morgan fingerprint density at radius 1 is 0.952 bits per heavy atom. The van der Waals surface area contributed by atoms with Crippen LogP contribution in [0.1, 0.15) is 76.9 Å². The highest BCUT2D eigenvalue weighted by Crippen LogP contribution is 2.24. The van der Waals surface area contributed by atoms with Crippen LogP contribution in [-0.2, 0) is 4.74 Å². The molecule has 0 saturated heterocycles. The van der Waals surface area contributed by atoms with Crippen LogP contribution in [0, 0.1) is 0 Å². The molecule has 118 valence electrons. The van der Waals surface area contributed by atoms with Gasteiger partial charge in [0.05, 0.1) is 0 Å². The first-order valence-electron chi connectivity index (χ1n) is 8.57. The lowest BCUT2D eigenvalue weighted by Gasteiger charge is -2.18. The highest BCUT2D eigenvalue weighted by molar-refractivity contribution is 5.24. The molecule has 0 saturated carbocycles. The number of unbranched alkanes of at least 4 members (excludes halogenated alkanes) is 7. The van der Waals surface area contributed by atoms with Crippen molar-refractivity contribution in [2.24, 2.45) is 0 Å². The van der Waals surface area contributed by atoms with Gasteiger partial charge in [-0.3, -0.25) is 0 Å². The molecule has 1 aromatic rings. The molecule has 1 atom stereocenters. The summed E-state index contributed by atoms with van der Waals surface area (Å²) in [6, 6.07) is 10.4. The Morgan fingerprint density at radius 3 is 2.10 bits per heavy atom. The molecule has 0 bridgehead atoms. The van der Waals surface area contributed by atoms with Crippen LogP contribution in [0.5, 0.6) is 0 Å². The van der Waals surface area contributed by atoms with Crippen LogP contribution in [0.2, 0.25) is 0 Å². The van der Waals surface area contributed by atoms with E-state index in [1.165, 1.54) is 50.5 Å². The SMILES string of the molecule is C=C(C)C(OCCCCCCCCCC)c1ccccc1. The second-order valence-electron chi connectivity index (χ2n) is 5.98. The van der Waals surface area contributed by atoms with Gasteiger partial charge in [0.2, 0.25) is 0 Å². The maximum Gasteiger partial charge on any atom is 0.103 e. The van der Waals surface area contributed by atoms with E-state index < -0.39 is 0 Å². The average Bonchev–Trinajstić information content (AvgIpc) is 2.50. The van der Waals surface area contributed by atoms with E-state index in [9.17, 15) is 0 Å². The second kappa shape index (κ2) is 11.6. The van der Waals surface area contributed by atoms with E-state index in [4.69, 9.17) is 4.74 Å². The normalized spacial score (nSPS) is 12.3. The predicted octanol–water partition coefficient (Wildman–Crippen LogP) is 6.46. The Morgan fingerprint density at radius 2 is 1.52 bits per heavy atom. The molecule has 0 aromatic heterocycles. The van der Waals surface area contributed by atoms with Crippen LogP contribution in [0.25, 0.3) is 0 Å². The van der Waals surface area contributed by atoms with Gasteiger partial charge >= 0.3 is 0 Å². The first kappa shape index (κ1) is 18.0. The Kier molecular flexibility index (Phi) is 9.90. The molecule has 0 aliphatic heterocycles. The van der Waals surface area contributed by atoms with Gasteiger partial charge in [0.15, 0.2) is 0 Å². The molecule has 0 radical (unpaired) electrons. The summed E-state index contributed by atoms with van der Waals surface area (Å²) in [4.78, 5) is 0. The first-order chi connectivity index (χ1) is 10.3. The van der Waals surface area contributed by atoms with Crippen LogP contribution in [0.4, 0.5) is 0 Å². The van der Waals surface area contributed by atoms with Crippen molar-refractivity contribution in [3.63, 3.8) is 0 Å². The molecule has 1 aromatic carbocycles. The monoisotopic (exact) mass is 288 g/mol. The van der Waals surface area contributed by atoms with Crippen molar-refractivity contribution < 1.29 is 4.74 Å².